The molecule has 5 rings (SSSR count). The number of hydrogen-bond acceptors (Lipinski definition) is 5. The van der Waals surface area contributed by atoms with Gasteiger partial charge in [0.1, 0.15) is 23.9 Å². The fourth-order valence-electron chi connectivity index (χ4n) is 3.34. The monoisotopic (exact) mass is 398 g/mol. The quantitative estimate of drug-likeness (QED) is 0.450. The molecule has 0 aliphatic rings. The van der Waals surface area contributed by atoms with E-state index in [2.05, 4.69) is 19.9 Å². The fraction of sp³-hybridized carbons (Fsp3) is 0.174. The van der Waals surface area contributed by atoms with Crippen molar-refractivity contribution >= 4 is 22.1 Å². The lowest BCUT2D eigenvalue weighted by molar-refractivity contribution is 0.261. The zero-order valence-corrected chi connectivity index (χ0v) is 16.9. The van der Waals surface area contributed by atoms with Crippen LogP contribution in [0.3, 0.4) is 0 Å². The summed E-state index contributed by atoms with van der Waals surface area (Å²) in [6, 6.07) is 17.8. The number of nitrogens with zero attached hydrogens (tertiary/aromatic N) is 4. The molecule has 3 aromatic heterocycles. The largest absolute Gasteiger partial charge is 0.492 e. The number of benzene rings is 2. The van der Waals surface area contributed by atoms with Crippen LogP contribution in [0.5, 0.6) is 5.75 Å². The molecule has 0 radical (unpaired) electrons. The van der Waals surface area contributed by atoms with E-state index >= 15 is 0 Å². The van der Waals surface area contributed by atoms with Gasteiger partial charge in [-0.1, -0.05) is 6.07 Å². The zero-order valence-electron chi connectivity index (χ0n) is 16.9. The molecule has 3 heterocycles. The van der Waals surface area contributed by atoms with E-state index in [-0.39, 0.29) is 0 Å². The minimum atomic E-state index is 0.643. The number of fused-ring (bicyclic) bond motifs is 2. The predicted molar refractivity (Wildman–Crippen MR) is 118 cm³/mol. The second kappa shape index (κ2) is 7.61. The Kier molecular flexibility index (Phi) is 4.65. The van der Waals surface area contributed by atoms with E-state index in [1.807, 2.05) is 68.7 Å². The Balaban J connectivity index is 1.44. The van der Waals surface area contributed by atoms with Crippen molar-refractivity contribution in [3.05, 3.63) is 60.8 Å². The van der Waals surface area contributed by atoms with Gasteiger partial charge in [-0.2, -0.15) is 0 Å². The van der Waals surface area contributed by atoms with Crippen molar-refractivity contribution in [2.45, 2.75) is 0 Å². The van der Waals surface area contributed by atoms with Crippen LogP contribution in [-0.4, -0.2) is 57.1 Å². The molecule has 0 spiro atoms. The summed E-state index contributed by atoms with van der Waals surface area (Å²) in [5, 5.41) is 0. The summed E-state index contributed by atoms with van der Waals surface area (Å²) in [5.41, 5.74) is 5.49. The highest BCUT2D eigenvalue weighted by molar-refractivity contribution is 5.86. The van der Waals surface area contributed by atoms with Crippen molar-refractivity contribution in [3.63, 3.8) is 0 Å². The van der Waals surface area contributed by atoms with E-state index in [1.165, 1.54) is 0 Å². The molecule has 0 unspecified atom stereocenters. The van der Waals surface area contributed by atoms with Crippen LogP contribution in [0.15, 0.2) is 60.8 Å². The Morgan fingerprint density at radius 3 is 2.43 bits per heavy atom. The molecular formula is C23H22N6O. The Bertz CT molecular complexity index is 1310. The Labute approximate surface area is 173 Å². The minimum absolute atomic E-state index is 0.643. The molecular weight excluding hydrogens is 376 g/mol. The van der Waals surface area contributed by atoms with Gasteiger partial charge in [0.2, 0.25) is 0 Å². The van der Waals surface area contributed by atoms with Gasteiger partial charge < -0.3 is 19.6 Å². The van der Waals surface area contributed by atoms with Gasteiger partial charge in [0.25, 0.3) is 0 Å². The predicted octanol–water partition coefficient (Wildman–Crippen LogP) is 4.11. The van der Waals surface area contributed by atoms with Gasteiger partial charge in [0.15, 0.2) is 5.82 Å². The van der Waals surface area contributed by atoms with Gasteiger partial charge in [-0.25, -0.2) is 9.97 Å². The smallest absolute Gasteiger partial charge is 0.157 e. The van der Waals surface area contributed by atoms with E-state index < -0.39 is 0 Å². The van der Waals surface area contributed by atoms with Gasteiger partial charge in [-0.15, -0.1) is 0 Å². The number of aromatic amines is 2. The van der Waals surface area contributed by atoms with Crippen molar-refractivity contribution in [1.29, 1.82) is 0 Å². The molecule has 7 heteroatoms. The molecule has 2 aromatic carbocycles. The molecule has 2 N–H and O–H groups in total. The number of likely N-dealkylation sites (N-methyl/N-ethyl adjacent to an activating group) is 1. The molecule has 0 atom stereocenters. The summed E-state index contributed by atoms with van der Waals surface area (Å²) in [6.45, 7) is 1.51. The zero-order chi connectivity index (χ0) is 20.5. The molecule has 7 nitrogen and oxygen atoms in total. The maximum absolute atomic E-state index is 5.83. The lowest BCUT2D eigenvalue weighted by Gasteiger charge is -2.10. The molecule has 5 aromatic rings. The van der Waals surface area contributed by atoms with Crippen molar-refractivity contribution in [2.24, 2.45) is 0 Å². The van der Waals surface area contributed by atoms with Crippen molar-refractivity contribution < 1.29 is 4.74 Å². The SMILES string of the molecule is CN(C)CCOc1ccc2[nH]c(-c3ccc4[nH]c(-c5ccccn5)nc4c3)nc2c1. The number of imidazole rings is 2. The molecule has 0 saturated heterocycles. The third-order valence-corrected chi connectivity index (χ3v) is 4.93. The lowest BCUT2D eigenvalue weighted by Crippen LogP contribution is -2.19. The number of aromatic nitrogens is 5. The summed E-state index contributed by atoms with van der Waals surface area (Å²) in [4.78, 5) is 22.6. The number of pyridine rings is 1. The fourth-order valence-corrected chi connectivity index (χ4v) is 3.34. The molecule has 150 valence electrons. The van der Waals surface area contributed by atoms with Crippen LogP contribution in [0, 0.1) is 0 Å². The summed E-state index contributed by atoms with van der Waals surface area (Å²) in [7, 11) is 4.06. The molecule has 0 aliphatic carbocycles. The van der Waals surface area contributed by atoms with Crippen molar-refractivity contribution in [3.8, 4) is 28.7 Å². The molecule has 0 fully saturated rings. The Hall–Kier alpha value is -3.71. The normalized spacial score (nSPS) is 11.6. The average molecular weight is 398 g/mol. The highest BCUT2D eigenvalue weighted by Gasteiger charge is 2.11. The third kappa shape index (κ3) is 3.62. The van der Waals surface area contributed by atoms with Gasteiger partial charge in [0, 0.05) is 24.4 Å². The van der Waals surface area contributed by atoms with Crippen LogP contribution in [0.25, 0.3) is 45.0 Å². The standard InChI is InChI=1S/C23H22N6O/c1-29(2)11-12-30-16-7-9-18-21(14-16)27-22(25-18)15-6-8-17-20(13-15)28-23(26-17)19-5-3-4-10-24-19/h3-10,13-14H,11-12H2,1-2H3,(H,25,27)(H,26,28). The summed E-state index contributed by atoms with van der Waals surface area (Å²) >= 11 is 0. The molecule has 0 saturated carbocycles. The first-order chi connectivity index (χ1) is 14.7. The summed E-state index contributed by atoms with van der Waals surface area (Å²) < 4.78 is 5.83. The van der Waals surface area contributed by atoms with E-state index in [0.717, 1.165) is 57.3 Å². The highest BCUT2D eigenvalue weighted by Crippen LogP contribution is 2.27. The first kappa shape index (κ1) is 18.3. The summed E-state index contributed by atoms with van der Waals surface area (Å²) in [5.74, 6) is 2.39. The van der Waals surface area contributed by atoms with Crippen LogP contribution in [0.4, 0.5) is 0 Å². The molecule has 0 amide bonds. The van der Waals surface area contributed by atoms with E-state index in [9.17, 15) is 0 Å². The number of rotatable bonds is 6. The maximum atomic E-state index is 5.83. The highest BCUT2D eigenvalue weighted by atomic mass is 16.5. The Morgan fingerprint density at radius 1 is 0.867 bits per heavy atom. The maximum Gasteiger partial charge on any atom is 0.157 e. The number of H-pyrrole nitrogens is 2. The van der Waals surface area contributed by atoms with Crippen LogP contribution >= 0.6 is 0 Å². The number of hydrogen-bond donors (Lipinski definition) is 2. The summed E-state index contributed by atoms with van der Waals surface area (Å²) in [6.07, 6.45) is 1.76. The molecule has 0 bridgehead atoms. The third-order valence-electron chi connectivity index (χ3n) is 4.93. The average Bonchev–Trinajstić information content (AvgIpc) is 3.37. The minimum Gasteiger partial charge on any atom is -0.492 e. The van der Waals surface area contributed by atoms with E-state index in [4.69, 9.17) is 14.7 Å². The topological polar surface area (TPSA) is 82.7 Å². The first-order valence-electron chi connectivity index (χ1n) is 9.84. The lowest BCUT2D eigenvalue weighted by atomic mass is 10.2. The number of ether oxygens (including phenoxy) is 1. The Morgan fingerprint density at radius 2 is 1.63 bits per heavy atom. The van der Waals surface area contributed by atoms with Crippen LogP contribution in [0.2, 0.25) is 0 Å². The van der Waals surface area contributed by atoms with Crippen molar-refractivity contribution in [2.75, 3.05) is 27.2 Å². The second-order valence-corrected chi connectivity index (χ2v) is 7.45. The van der Waals surface area contributed by atoms with Crippen molar-refractivity contribution in [1.82, 2.24) is 29.8 Å². The van der Waals surface area contributed by atoms with Gasteiger partial charge >= 0.3 is 0 Å². The van der Waals surface area contributed by atoms with Crippen LogP contribution < -0.4 is 4.74 Å². The van der Waals surface area contributed by atoms with E-state index in [1.54, 1.807) is 6.20 Å². The molecule has 0 aliphatic heterocycles. The van der Waals surface area contributed by atoms with Crippen LogP contribution in [-0.2, 0) is 0 Å². The number of nitrogens with one attached hydrogen (secondary N) is 2. The van der Waals surface area contributed by atoms with Gasteiger partial charge in [0.05, 0.1) is 22.1 Å². The van der Waals surface area contributed by atoms with Gasteiger partial charge in [-0.05, 0) is 56.6 Å². The first-order valence-corrected chi connectivity index (χ1v) is 9.84. The molecule has 30 heavy (non-hydrogen) atoms. The van der Waals surface area contributed by atoms with Gasteiger partial charge in [-0.3, -0.25) is 4.98 Å². The second-order valence-electron chi connectivity index (χ2n) is 7.45. The van der Waals surface area contributed by atoms with E-state index in [0.29, 0.717) is 6.61 Å². The van der Waals surface area contributed by atoms with Crippen LogP contribution in [0.1, 0.15) is 0 Å².